The molecule has 3 rings (SSSR count). The number of carbonyl (C=O) groups excluding carboxylic acids is 1. The molecular weight excluding hydrogens is 435 g/mol. The first-order valence-corrected chi connectivity index (χ1v) is 11.3. The molecule has 0 radical (unpaired) electrons. The van der Waals surface area contributed by atoms with Gasteiger partial charge >= 0.3 is 0 Å². The van der Waals surface area contributed by atoms with Crippen LogP contribution in [-0.4, -0.2) is 25.9 Å². The third-order valence-corrected chi connectivity index (χ3v) is 6.72. The molecule has 2 atom stereocenters. The Morgan fingerprint density at radius 3 is 2.71 bits per heavy atom. The summed E-state index contributed by atoms with van der Waals surface area (Å²) in [6.45, 7) is 6.52. The number of halogens is 2. The van der Waals surface area contributed by atoms with Crippen molar-refractivity contribution in [2.45, 2.75) is 43.8 Å². The molecule has 28 heavy (non-hydrogen) atoms. The van der Waals surface area contributed by atoms with Crippen LogP contribution in [0.2, 0.25) is 10.0 Å². The molecule has 0 aliphatic heterocycles. The Labute approximate surface area is 182 Å². The number of nitrogens with zero attached hydrogens (tertiary/aromatic N) is 3. The van der Waals surface area contributed by atoms with Gasteiger partial charge in [0.05, 0.1) is 16.2 Å². The van der Waals surface area contributed by atoms with E-state index in [2.05, 4.69) is 15.5 Å². The van der Waals surface area contributed by atoms with E-state index in [0.29, 0.717) is 10.0 Å². The number of hydrogen-bond donors (Lipinski definition) is 1. The molecule has 0 aliphatic rings. The van der Waals surface area contributed by atoms with Crippen LogP contribution in [0.15, 0.2) is 40.9 Å². The van der Waals surface area contributed by atoms with Crippen molar-refractivity contribution in [2.75, 3.05) is 0 Å². The summed E-state index contributed by atoms with van der Waals surface area (Å²) in [7, 11) is 0. The van der Waals surface area contributed by atoms with Gasteiger partial charge in [-0.15, -0.1) is 21.5 Å². The number of hydrogen-bond acceptors (Lipinski definition) is 5. The summed E-state index contributed by atoms with van der Waals surface area (Å²) in [6.07, 6.45) is 0. The maximum absolute atomic E-state index is 12.7. The number of aromatic nitrogens is 3. The van der Waals surface area contributed by atoms with Crippen LogP contribution in [0.3, 0.4) is 0 Å². The van der Waals surface area contributed by atoms with Crippen molar-refractivity contribution in [3.8, 4) is 10.7 Å². The minimum absolute atomic E-state index is 0.0909. The molecule has 2 aromatic heterocycles. The average molecular weight is 455 g/mol. The van der Waals surface area contributed by atoms with Gasteiger partial charge in [0.2, 0.25) is 5.91 Å². The molecule has 3 aromatic rings. The zero-order valence-electron chi connectivity index (χ0n) is 15.6. The molecule has 1 aromatic carbocycles. The lowest BCUT2D eigenvalue weighted by Crippen LogP contribution is -2.33. The van der Waals surface area contributed by atoms with Crippen molar-refractivity contribution in [1.29, 1.82) is 0 Å². The molecule has 0 saturated heterocycles. The van der Waals surface area contributed by atoms with Crippen LogP contribution in [0, 0.1) is 0 Å². The van der Waals surface area contributed by atoms with Crippen molar-refractivity contribution < 1.29 is 4.79 Å². The number of amides is 1. The van der Waals surface area contributed by atoms with E-state index in [1.807, 2.05) is 48.9 Å². The highest BCUT2D eigenvalue weighted by Gasteiger charge is 2.22. The van der Waals surface area contributed by atoms with Crippen molar-refractivity contribution in [2.24, 2.45) is 0 Å². The lowest BCUT2D eigenvalue weighted by molar-refractivity contribution is -0.120. The van der Waals surface area contributed by atoms with Gasteiger partial charge in [-0.25, -0.2) is 0 Å². The molecule has 148 valence electrons. The second kappa shape index (κ2) is 9.31. The van der Waals surface area contributed by atoms with E-state index in [9.17, 15) is 4.79 Å². The second-order valence-corrected chi connectivity index (χ2v) is 9.28. The monoisotopic (exact) mass is 454 g/mol. The topological polar surface area (TPSA) is 59.8 Å². The Bertz CT molecular complexity index is 959. The molecule has 9 heteroatoms. The molecule has 0 spiro atoms. The summed E-state index contributed by atoms with van der Waals surface area (Å²) in [6, 6.07) is 9.04. The highest BCUT2D eigenvalue weighted by Crippen LogP contribution is 2.30. The van der Waals surface area contributed by atoms with Crippen molar-refractivity contribution in [3.63, 3.8) is 0 Å². The van der Waals surface area contributed by atoms with Crippen LogP contribution < -0.4 is 5.32 Å². The third kappa shape index (κ3) is 4.71. The van der Waals surface area contributed by atoms with E-state index in [1.165, 1.54) is 11.8 Å². The SMILES string of the molecule is CCn1c(SC(C)C(=O)NC(C)c2ccc(Cl)cc2Cl)nnc1-c1cccs1. The van der Waals surface area contributed by atoms with Gasteiger partial charge in [0, 0.05) is 16.6 Å². The van der Waals surface area contributed by atoms with E-state index in [4.69, 9.17) is 23.2 Å². The van der Waals surface area contributed by atoms with Crippen molar-refractivity contribution in [3.05, 3.63) is 51.3 Å². The largest absolute Gasteiger partial charge is 0.349 e. The Hall–Kier alpha value is -1.54. The summed E-state index contributed by atoms with van der Waals surface area (Å²) in [4.78, 5) is 13.7. The van der Waals surface area contributed by atoms with Gasteiger partial charge < -0.3 is 9.88 Å². The number of rotatable bonds is 7. The highest BCUT2D eigenvalue weighted by atomic mass is 35.5. The average Bonchev–Trinajstić information content (AvgIpc) is 3.30. The molecule has 2 unspecified atom stereocenters. The Morgan fingerprint density at radius 2 is 2.07 bits per heavy atom. The Balaban J connectivity index is 1.69. The fourth-order valence-corrected chi connectivity index (χ4v) is 4.93. The molecule has 2 heterocycles. The smallest absolute Gasteiger partial charge is 0.233 e. The highest BCUT2D eigenvalue weighted by molar-refractivity contribution is 8.00. The second-order valence-electron chi connectivity index (χ2n) is 6.18. The summed E-state index contributed by atoms with van der Waals surface area (Å²) >= 11 is 15.2. The molecule has 1 N–H and O–H groups in total. The molecular formula is C19H20Cl2N4OS2. The minimum atomic E-state index is -0.334. The van der Waals surface area contributed by atoms with Gasteiger partial charge in [-0.05, 0) is 49.9 Å². The van der Waals surface area contributed by atoms with Gasteiger partial charge in [-0.3, -0.25) is 4.79 Å². The summed E-state index contributed by atoms with van der Waals surface area (Å²) in [5.41, 5.74) is 0.827. The first kappa shape index (κ1) is 21.2. The molecule has 0 bridgehead atoms. The number of nitrogens with one attached hydrogen (secondary N) is 1. The van der Waals surface area contributed by atoms with Crippen LogP contribution in [0.1, 0.15) is 32.4 Å². The van der Waals surface area contributed by atoms with Gasteiger partial charge in [-0.2, -0.15) is 0 Å². The Kier molecular flexibility index (Phi) is 7.04. The van der Waals surface area contributed by atoms with Gasteiger partial charge in [-0.1, -0.05) is 47.1 Å². The number of thiophene rings is 1. The van der Waals surface area contributed by atoms with Crippen LogP contribution >= 0.6 is 46.3 Å². The van der Waals surface area contributed by atoms with E-state index in [-0.39, 0.29) is 17.2 Å². The fraction of sp³-hybridized carbons (Fsp3) is 0.316. The lowest BCUT2D eigenvalue weighted by Gasteiger charge is -2.19. The number of thioether (sulfide) groups is 1. The van der Waals surface area contributed by atoms with Gasteiger partial charge in [0.1, 0.15) is 0 Å². The van der Waals surface area contributed by atoms with Crippen LogP contribution in [0.25, 0.3) is 10.7 Å². The van der Waals surface area contributed by atoms with Crippen LogP contribution in [0.5, 0.6) is 0 Å². The van der Waals surface area contributed by atoms with E-state index in [1.54, 1.807) is 23.5 Å². The Morgan fingerprint density at radius 1 is 1.29 bits per heavy atom. The summed E-state index contributed by atoms with van der Waals surface area (Å²) in [5.74, 6) is 0.737. The predicted octanol–water partition coefficient (Wildman–Crippen LogP) is 5.69. The minimum Gasteiger partial charge on any atom is -0.349 e. The first-order valence-electron chi connectivity index (χ1n) is 8.79. The predicted molar refractivity (Wildman–Crippen MR) is 117 cm³/mol. The van der Waals surface area contributed by atoms with Gasteiger partial charge in [0.25, 0.3) is 0 Å². The van der Waals surface area contributed by atoms with Crippen molar-refractivity contribution >= 4 is 52.2 Å². The van der Waals surface area contributed by atoms with Crippen LogP contribution in [0.4, 0.5) is 0 Å². The fourth-order valence-electron chi connectivity index (χ4n) is 2.72. The normalized spacial score (nSPS) is 13.3. The molecule has 0 saturated carbocycles. The first-order chi connectivity index (χ1) is 13.4. The summed E-state index contributed by atoms with van der Waals surface area (Å²) in [5, 5.41) is 15.1. The zero-order chi connectivity index (χ0) is 20.3. The maximum atomic E-state index is 12.7. The van der Waals surface area contributed by atoms with Gasteiger partial charge in [0.15, 0.2) is 11.0 Å². The van der Waals surface area contributed by atoms with E-state index < -0.39 is 0 Å². The zero-order valence-corrected chi connectivity index (χ0v) is 18.8. The molecule has 1 amide bonds. The third-order valence-electron chi connectivity index (χ3n) is 4.21. The molecule has 5 nitrogen and oxygen atoms in total. The number of benzene rings is 1. The lowest BCUT2D eigenvalue weighted by atomic mass is 10.1. The van der Waals surface area contributed by atoms with Crippen LogP contribution in [-0.2, 0) is 11.3 Å². The van der Waals surface area contributed by atoms with E-state index in [0.717, 1.165) is 28.0 Å². The molecule has 0 aliphatic carbocycles. The molecule has 0 fully saturated rings. The van der Waals surface area contributed by atoms with Crippen molar-refractivity contribution in [1.82, 2.24) is 20.1 Å². The standard InChI is InChI=1S/C19H20Cl2N4OS2/c1-4-25-17(16-6-5-9-27-16)23-24-19(25)28-12(3)18(26)22-11(2)14-8-7-13(20)10-15(14)21/h5-12H,4H2,1-3H3,(H,22,26). The maximum Gasteiger partial charge on any atom is 0.233 e. The number of carbonyl (C=O) groups is 1. The quantitative estimate of drug-likeness (QED) is 0.465. The van der Waals surface area contributed by atoms with E-state index >= 15 is 0 Å². The summed E-state index contributed by atoms with van der Waals surface area (Å²) < 4.78 is 2.03.